The van der Waals surface area contributed by atoms with Crippen molar-refractivity contribution < 1.29 is 27.8 Å². The molecule has 0 aliphatic carbocycles. The summed E-state index contributed by atoms with van der Waals surface area (Å²) in [6, 6.07) is 37.6. The zero-order valence-corrected chi connectivity index (χ0v) is 33.5. The first kappa shape index (κ1) is 37.2. The standard InChI is InChI=1S/6C7H6F.O.2Sn/c6*1-6-4-2-3-5-7(6)8;;;/h6*2-5H,1H2;;;. The van der Waals surface area contributed by atoms with Gasteiger partial charge in [0, 0.05) is 0 Å². The molecule has 9 heteroatoms. The molecule has 0 saturated carbocycles. The fraction of sp³-hybridized carbons (Fsp3) is 0.143. The molecule has 0 N–H and O–H groups in total. The Bertz CT molecular complexity index is 1720. The third-order valence-electron chi connectivity index (χ3n) is 9.26. The molecule has 260 valence electrons. The minimum atomic E-state index is -4.88. The number of rotatable bonds is 14. The molecule has 0 saturated heterocycles. The number of hydrogen-bond acceptors (Lipinski definition) is 1. The van der Waals surface area contributed by atoms with Crippen molar-refractivity contribution in [3.63, 3.8) is 0 Å². The van der Waals surface area contributed by atoms with Gasteiger partial charge in [-0.3, -0.25) is 0 Å². The molecular weight excluding hydrogens is 872 g/mol. The van der Waals surface area contributed by atoms with Crippen LogP contribution in [0, 0.1) is 34.9 Å². The summed E-state index contributed by atoms with van der Waals surface area (Å²) < 4.78 is 102. The van der Waals surface area contributed by atoms with Gasteiger partial charge in [0.05, 0.1) is 0 Å². The van der Waals surface area contributed by atoms with Crippen molar-refractivity contribution in [2.24, 2.45) is 0 Å². The van der Waals surface area contributed by atoms with E-state index in [0.717, 1.165) is 0 Å². The van der Waals surface area contributed by atoms with Crippen molar-refractivity contribution in [3.05, 3.63) is 214 Å². The van der Waals surface area contributed by atoms with Crippen LogP contribution in [0.5, 0.6) is 0 Å². The van der Waals surface area contributed by atoms with Crippen LogP contribution in [0.25, 0.3) is 0 Å². The summed E-state index contributed by atoms with van der Waals surface area (Å²) in [5.41, 5.74) is 2.02. The van der Waals surface area contributed by atoms with Crippen LogP contribution in [0.1, 0.15) is 33.4 Å². The molecule has 0 radical (unpaired) electrons. The number of benzene rings is 6. The van der Waals surface area contributed by atoms with Gasteiger partial charge in [-0.25, -0.2) is 0 Å². The monoisotopic (exact) mass is 910 g/mol. The van der Waals surface area contributed by atoms with Gasteiger partial charge in [-0.2, -0.15) is 0 Å². The minimum absolute atomic E-state index is 0.0779. The Balaban J connectivity index is 1.63. The summed E-state index contributed by atoms with van der Waals surface area (Å²) in [6.07, 6.45) is 0. The summed E-state index contributed by atoms with van der Waals surface area (Å²) in [6.45, 7) is 0. The molecule has 0 aliphatic rings. The molecule has 0 atom stereocenters. The van der Waals surface area contributed by atoms with E-state index in [2.05, 4.69) is 0 Å². The molecule has 0 spiro atoms. The van der Waals surface area contributed by atoms with Gasteiger partial charge in [-0.1, -0.05) is 0 Å². The van der Waals surface area contributed by atoms with E-state index in [1.54, 1.807) is 109 Å². The topological polar surface area (TPSA) is 9.23 Å². The van der Waals surface area contributed by atoms with Gasteiger partial charge in [0.1, 0.15) is 0 Å². The van der Waals surface area contributed by atoms with Gasteiger partial charge in [0.2, 0.25) is 0 Å². The van der Waals surface area contributed by atoms with E-state index in [0.29, 0.717) is 33.4 Å². The summed E-state index contributed by atoms with van der Waals surface area (Å²) in [4.78, 5) is 0. The Labute approximate surface area is 303 Å². The second-order valence-corrected chi connectivity index (χ2v) is 37.1. The maximum atomic E-state index is 15.7. The molecule has 0 aliphatic heterocycles. The Morgan fingerprint density at radius 1 is 0.275 bits per heavy atom. The first-order valence-electron chi connectivity index (χ1n) is 16.7. The quantitative estimate of drug-likeness (QED) is 0.0782. The zero-order valence-electron chi connectivity index (χ0n) is 27.8. The average molecular weight is 908 g/mol. The summed E-state index contributed by atoms with van der Waals surface area (Å²) in [5.74, 6) is -2.90. The maximum absolute atomic E-state index is 15.7. The second kappa shape index (κ2) is 16.9. The summed E-state index contributed by atoms with van der Waals surface area (Å²) in [5, 5.41) is 0. The van der Waals surface area contributed by atoms with Crippen molar-refractivity contribution in [2.45, 2.75) is 26.6 Å². The van der Waals surface area contributed by atoms with Crippen molar-refractivity contribution in [2.75, 3.05) is 0 Å². The summed E-state index contributed by atoms with van der Waals surface area (Å²) >= 11 is -9.77. The average Bonchev–Trinajstić information content (AvgIpc) is 3.11. The fourth-order valence-corrected chi connectivity index (χ4v) is 55.7. The third kappa shape index (κ3) is 9.47. The zero-order chi connectivity index (χ0) is 35.8. The molecule has 0 amide bonds. The molecule has 0 aromatic heterocycles. The first-order chi connectivity index (χ1) is 24.6. The predicted molar refractivity (Wildman–Crippen MR) is 193 cm³/mol. The van der Waals surface area contributed by atoms with Gasteiger partial charge in [0.15, 0.2) is 0 Å². The molecule has 6 aromatic carbocycles. The SMILES string of the molecule is Fc1ccccc1[CH2][Sn]([CH2]c1ccccc1F)([CH2]c1ccccc1F)[O][Sn]([CH2]c1ccccc1F)([CH2]c1ccccc1F)[CH2]c1ccccc1F. The van der Waals surface area contributed by atoms with E-state index in [-0.39, 0.29) is 26.6 Å². The van der Waals surface area contributed by atoms with Gasteiger partial charge in [0.25, 0.3) is 0 Å². The van der Waals surface area contributed by atoms with Crippen molar-refractivity contribution >= 4 is 37.6 Å². The van der Waals surface area contributed by atoms with Crippen LogP contribution in [-0.2, 0) is 28.0 Å². The van der Waals surface area contributed by atoms with Crippen molar-refractivity contribution in [1.82, 2.24) is 0 Å². The molecule has 0 unspecified atom stereocenters. The normalized spacial score (nSPS) is 11.9. The van der Waals surface area contributed by atoms with E-state index in [1.165, 1.54) is 36.4 Å². The Kier molecular flexibility index (Phi) is 12.3. The van der Waals surface area contributed by atoms with Crippen LogP contribution in [0.4, 0.5) is 26.3 Å². The Hall–Kier alpha value is -3.54. The fourth-order valence-electron chi connectivity index (χ4n) is 6.98. The molecule has 6 rings (SSSR count). The van der Waals surface area contributed by atoms with E-state index in [9.17, 15) is 0 Å². The molecule has 0 bridgehead atoms. The van der Waals surface area contributed by atoms with E-state index >= 15 is 26.3 Å². The van der Waals surface area contributed by atoms with Crippen molar-refractivity contribution in [3.8, 4) is 0 Å². The molecule has 0 heterocycles. The molecule has 0 fully saturated rings. The van der Waals surface area contributed by atoms with Gasteiger partial charge >= 0.3 is 306 Å². The van der Waals surface area contributed by atoms with Crippen LogP contribution in [0.2, 0.25) is 0 Å². The molecule has 1 nitrogen and oxygen atoms in total. The Morgan fingerprint density at radius 3 is 0.588 bits per heavy atom. The van der Waals surface area contributed by atoms with Crippen molar-refractivity contribution in [1.29, 1.82) is 0 Å². The van der Waals surface area contributed by atoms with Crippen LogP contribution in [0.3, 0.4) is 0 Å². The van der Waals surface area contributed by atoms with Crippen LogP contribution in [-0.4, -0.2) is 37.6 Å². The summed E-state index contributed by atoms with van der Waals surface area (Å²) in [7, 11) is 0. The number of halogens is 6. The molecule has 51 heavy (non-hydrogen) atoms. The van der Waals surface area contributed by atoms with E-state index in [4.69, 9.17) is 1.41 Å². The van der Waals surface area contributed by atoms with E-state index < -0.39 is 72.5 Å². The molecular formula is C42H36F6OSn2. The van der Waals surface area contributed by atoms with E-state index in [1.807, 2.05) is 0 Å². The van der Waals surface area contributed by atoms with Gasteiger partial charge in [-0.05, 0) is 0 Å². The van der Waals surface area contributed by atoms with Crippen LogP contribution < -0.4 is 0 Å². The Morgan fingerprint density at radius 2 is 0.431 bits per heavy atom. The third-order valence-corrected chi connectivity index (χ3v) is 45.9. The number of hydrogen-bond donors (Lipinski definition) is 0. The van der Waals surface area contributed by atoms with Crippen LogP contribution >= 0.6 is 0 Å². The van der Waals surface area contributed by atoms with Crippen LogP contribution in [0.15, 0.2) is 146 Å². The predicted octanol–water partition coefficient (Wildman–Crippen LogP) is 10.4. The second-order valence-electron chi connectivity index (χ2n) is 13.1. The van der Waals surface area contributed by atoms with Gasteiger partial charge < -0.3 is 0 Å². The first-order valence-corrected chi connectivity index (χ1v) is 31.2. The molecule has 6 aromatic rings. The van der Waals surface area contributed by atoms with Gasteiger partial charge in [-0.15, -0.1) is 0 Å².